The zero-order valence-corrected chi connectivity index (χ0v) is 21.8. The minimum Gasteiger partial charge on any atom is -0.345 e. The van der Waals surface area contributed by atoms with Gasteiger partial charge < -0.3 is 15.7 Å². The van der Waals surface area contributed by atoms with Gasteiger partial charge in [0.25, 0.3) is 10.0 Å². The quantitative estimate of drug-likeness (QED) is 0.120. The average molecular weight is 594 g/mol. The first kappa shape index (κ1) is 29.4. The highest BCUT2D eigenvalue weighted by Gasteiger charge is 2.31. The van der Waals surface area contributed by atoms with Crippen LogP contribution in [0.4, 0.5) is 33.5 Å². The smallest absolute Gasteiger partial charge is 0.345 e. The summed E-state index contributed by atoms with van der Waals surface area (Å²) in [5.41, 5.74) is -2.97. The van der Waals surface area contributed by atoms with Crippen LogP contribution in [0.3, 0.4) is 0 Å². The maximum Gasteiger partial charge on any atom is 0.416 e. The fourth-order valence-electron chi connectivity index (χ4n) is 3.72. The van der Waals surface area contributed by atoms with Crippen LogP contribution in [-0.2, 0) is 16.2 Å². The van der Waals surface area contributed by atoms with Crippen molar-refractivity contribution < 1.29 is 35.2 Å². The van der Waals surface area contributed by atoms with E-state index in [1.165, 1.54) is 0 Å². The molecule has 0 saturated carbocycles. The lowest BCUT2D eigenvalue weighted by Gasteiger charge is -2.13. The SMILES string of the molecule is CCNCC(C=N)=Nc1ncnc2[nH]cc(C(=O)c3c(F)ccc(NS(=O)(=O)c4ccc(C(F)(F)F)cc4)c3F)c12. The first-order valence-corrected chi connectivity index (χ1v) is 13.2. The lowest BCUT2D eigenvalue weighted by atomic mass is 10.0. The Kier molecular flexibility index (Phi) is 8.25. The Balaban J connectivity index is 1.74. The van der Waals surface area contributed by atoms with Gasteiger partial charge in [-0.3, -0.25) is 9.52 Å². The fraction of sp³-hybridized carbons (Fsp3) is 0.160. The van der Waals surface area contributed by atoms with Gasteiger partial charge >= 0.3 is 6.18 Å². The van der Waals surface area contributed by atoms with Crippen molar-refractivity contribution in [2.75, 3.05) is 17.8 Å². The Bertz CT molecular complexity index is 1770. The number of alkyl halides is 3. The van der Waals surface area contributed by atoms with Gasteiger partial charge in [-0.25, -0.2) is 32.2 Å². The van der Waals surface area contributed by atoms with Crippen molar-refractivity contribution in [3.8, 4) is 0 Å². The van der Waals surface area contributed by atoms with Gasteiger partial charge in [-0.1, -0.05) is 6.92 Å². The van der Waals surface area contributed by atoms with Crippen molar-refractivity contribution in [1.29, 1.82) is 5.41 Å². The minimum atomic E-state index is -4.71. The molecule has 2 aromatic carbocycles. The molecule has 0 fully saturated rings. The Morgan fingerprint density at radius 1 is 1.12 bits per heavy atom. The zero-order chi connectivity index (χ0) is 29.9. The molecule has 4 aromatic rings. The molecule has 10 nitrogen and oxygen atoms in total. The molecule has 0 unspecified atom stereocenters. The number of nitrogens with one attached hydrogen (secondary N) is 4. The van der Waals surface area contributed by atoms with Crippen LogP contribution in [0, 0.1) is 17.0 Å². The van der Waals surface area contributed by atoms with Crippen molar-refractivity contribution in [3.05, 3.63) is 77.2 Å². The summed E-state index contributed by atoms with van der Waals surface area (Å²) in [7, 11) is -4.63. The highest BCUT2D eigenvalue weighted by molar-refractivity contribution is 7.92. The second-order valence-electron chi connectivity index (χ2n) is 8.39. The third kappa shape index (κ3) is 6.12. The number of ketones is 1. The van der Waals surface area contributed by atoms with Crippen LogP contribution in [-0.4, -0.2) is 54.2 Å². The van der Waals surface area contributed by atoms with E-state index in [4.69, 9.17) is 5.41 Å². The normalized spacial score (nSPS) is 12.5. The Morgan fingerprint density at radius 2 is 1.83 bits per heavy atom. The summed E-state index contributed by atoms with van der Waals surface area (Å²) >= 11 is 0. The summed E-state index contributed by atoms with van der Waals surface area (Å²) in [4.78, 5) is 27.8. The van der Waals surface area contributed by atoms with Crippen LogP contribution in [0.25, 0.3) is 11.0 Å². The van der Waals surface area contributed by atoms with Crippen LogP contribution in [0.5, 0.6) is 0 Å². The predicted octanol–water partition coefficient (Wildman–Crippen LogP) is 4.62. The summed E-state index contributed by atoms with van der Waals surface area (Å²) in [6.07, 6.45) is -1.47. The van der Waals surface area contributed by atoms with Crippen LogP contribution in [0.1, 0.15) is 28.4 Å². The molecule has 41 heavy (non-hydrogen) atoms. The summed E-state index contributed by atoms with van der Waals surface area (Å²) in [6, 6.07) is 3.80. The maximum absolute atomic E-state index is 15.5. The Morgan fingerprint density at radius 3 is 2.46 bits per heavy atom. The van der Waals surface area contributed by atoms with Crippen LogP contribution >= 0.6 is 0 Å². The van der Waals surface area contributed by atoms with Gasteiger partial charge in [0, 0.05) is 19.0 Å². The van der Waals surface area contributed by atoms with Crippen LogP contribution < -0.4 is 10.0 Å². The van der Waals surface area contributed by atoms with Crippen molar-refractivity contribution >= 4 is 50.3 Å². The molecule has 4 rings (SSSR count). The molecule has 0 aliphatic rings. The topological polar surface area (TPSA) is 153 Å². The molecule has 2 aromatic heterocycles. The number of fused-ring (bicyclic) bond motifs is 1. The van der Waals surface area contributed by atoms with Gasteiger partial charge in [-0.05, 0) is 42.9 Å². The first-order valence-electron chi connectivity index (χ1n) is 11.7. The number of nitrogens with zero attached hydrogens (tertiary/aromatic N) is 3. The predicted molar refractivity (Wildman–Crippen MR) is 140 cm³/mol. The monoisotopic (exact) mass is 593 g/mol. The van der Waals surface area contributed by atoms with E-state index in [9.17, 15) is 30.8 Å². The largest absolute Gasteiger partial charge is 0.416 e. The number of aromatic nitrogens is 3. The molecule has 2 heterocycles. The van der Waals surface area contributed by atoms with Gasteiger partial charge in [0.1, 0.15) is 17.8 Å². The summed E-state index contributed by atoms with van der Waals surface area (Å²) in [5, 5.41) is 10.5. The highest BCUT2D eigenvalue weighted by Crippen LogP contribution is 2.32. The number of sulfonamides is 1. The second-order valence-corrected chi connectivity index (χ2v) is 10.1. The molecule has 214 valence electrons. The molecular weight excluding hydrogens is 573 g/mol. The van der Waals surface area contributed by atoms with Crippen LogP contribution in [0.15, 0.2) is 58.8 Å². The number of carbonyl (C=O) groups excluding carboxylic acids is 1. The van der Waals surface area contributed by atoms with E-state index < -0.39 is 55.3 Å². The van der Waals surface area contributed by atoms with Crippen LogP contribution in [0.2, 0.25) is 0 Å². The van der Waals surface area contributed by atoms with Gasteiger partial charge in [0.2, 0.25) is 5.78 Å². The molecule has 16 heteroatoms. The van der Waals surface area contributed by atoms with E-state index >= 15 is 4.39 Å². The van der Waals surface area contributed by atoms with Gasteiger partial charge in [0.15, 0.2) is 11.6 Å². The number of aliphatic imine (C=N–C) groups is 1. The van der Waals surface area contributed by atoms with Gasteiger partial charge in [0.05, 0.1) is 38.4 Å². The molecule has 0 bridgehead atoms. The lowest BCUT2D eigenvalue weighted by Crippen LogP contribution is -2.23. The Hall–Kier alpha value is -4.57. The summed E-state index contributed by atoms with van der Waals surface area (Å²) < 4.78 is 96.1. The van der Waals surface area contributed by atoms with Crippen molar-refractivity contribution in [3.63, 3.8) is 0 Å². The van der Waals surface area contributed by atoms with Crippen molar-refractivity contribution in [2.24, 2.45) is 4.99 Å². The third-order valence-electron chi connectivity index (χ3n) is 5.72. The highest BCUT2D eigenvalue weighted by atomic mass is 32.2. The number of anilines is 1. The molecule has 0 saturated heterocycles. The third-order valence-corrected chi connectivity index (χ3v) is 7.10. The molecule has 0 aliphatic heterocycles. The number of benzene rings is 2. The Labute approximate surface area is 229 Å². The fourth-order valence-corrected chi connectivity index (χ4v) is 4.78. The first-order chi connectivity index (χ1) is 19.4. The van der Waals surface area contributed by atoms with Gasteiger partial charge in [-0.15, -0.1) is 0 Å². The number of rotatable bonds is 10. The second kappa shape index (κ2) is 11.5. The molecule has 0 aliphatic carbocycles. The lowest BCUT2D eigenvalue weighted by molar-refractivity contribution is -0.137. The van der Waals surface area contributed by atoms with E-state index in [0.29, 0.717) is 36.9 Å². The standard InChI is InChI=1S/C25H20F5N7O3S/c1-2-32-10-14(9-31)36-24-19-16(11-33-23(19)34-12-35-24)22(38)20-17(26)7-8-18(21(20)27)37-41(39,40)15-5-3-13(4-6-15)25(28,29)30/h3-9,11-12,31-32,37H,2,10H2,1H3,(H,33,34,35). The van der Waals surface area contributed by atoms with E-state index in [1.807, 2.05) is 11.6 Å². The number of aromatic amines is 1. The average Bonchev–Trinajstić information content (AvgIpc) is 3.37. The number of carbonyl (C=O) groups is 1. The van der Waals surface area contributed by atoms with E-state index in [0.717, 1.165) is 24.8 Å². The molecule has 0 atom stereocenters. The van der Waals surface area contributed by atoms with E-state index in [1.54, 1.807) is 0 Å². The number of halogens is 5. The molecule has 0 amide bonds. The summed E-state index contributed by atoms with van der Waals surface area (Å²) in [5.74, 6) is -4.13. The van der Waals surface area contributed by atoms with E-state index in [2.05, 4.69) is 25.3 Å². The summed E-state index contributed by atoms with van der Waals surface area (Å²) in [6.45, 7) is 2.62. The molecule has 0 radical (unpaired) electrons. The minimum absolute atomic E-state index is 0.00267. The van der Waals surface area contributed by atoms with Crippen molar-refractivity contribution in [2.45, 2.75) is 18.0 Å². The number of H-pyrrole nitrogens is 1. The maximum atomic E-state index is 15.5. The van der Waals surface area contributed by atoms with Gasteiger partial charge in [-0.2, -0.15) is 13.2 Å². The molecule has 4 N–H and O–H groups in total. The van der Waals surface area contributed by atoms with Crippen molar-refractivity contribution in [1.82, 2.24) is 20.3 Å². The van der Waals surface area contributed by atoms with E-state index in [-0.39, 0.29) is 34.7 Å². The molecular formula is C25H20F5N7O3S. The number of hydrogen-bond donors (Lipinski definition) is 4. The number of hydrogen-bond acceptors (Lipinski definition) is 8. The zero-order valence-electron chi connectivity index (χ0n) is 21.0. The molecule has 0 spiro atoms.